The van der Waals surface area contributed by atoms with Crippen LogP contribution in [0.3, 0.4) is 0 Å². The summed E-state index contributed by atoms with van der Waals surface area (Å²) in [7, 11) is 0. The van der Waals surface area contributed by atoms with Gasteiger partial charge < -0.3 is 10.6 Å². The molecule has 0 amide bonds. The molecule has 76 valence electrons. The largest absolute Gasteiger partial charge is 0.379 e. The van der Waals surface area contributed by atoms with Crippen LogP contribution in [0.1, 0.15) is 19.3 Å². The molecule has 0 aromatic carbocycles. The minimum absolute atomic E-state index is 0.0361. The molecule has 14 heavy (non-hydrogen) atoms. The number of allylic oxidation sites excluding steroid dienone is 2. The lowest BCUT2D eigenvalue weighted by molar-refractivity contribution is -0.118. The summed E-state index contributed by atoms with van der Waals surface area (Å²) < 4.78 is 0. The molecular formula is C11H16N2O. The van der Waals surface area contributed by atoms with Crippen molar-refractivity contribution in [1.29, 1.82) is 0 Å². The molecule has 2 heterocycles. The molecule has 2 aliphatic rings. The predicted molar refractivity (Wildman–Crippen MR) is 55.9 cm³/mol. The van der Waals surface area contributed by atoms with E-state index in [1.807, 2.05) is 18.2 Å². The van der Waals surface area contributed by atoms with Gasteiger partial charge in [-0.1, -0.05) is 18.6 Å². The SMILES string of the molecule is O=C(C1=CC=CCN1)C1CCCCN1. The van der Waals surface area contributed by atoms with Gasteiger partial charge in [-0.2, -0.15) is 0 Å². The number of Topliss-reactive ketones (excluding diaryl/α,β-unsaturated/α-hetero) is 1. The Hall–Kier alpha value is -1.09. The zero-order chi connectivity index (χ0) is 9.80. The number of dihydropyridines is 1. The summed E-state index contributed by atoms with van der Waals surface area (Å²) in [4.78, 5) is 11.9. The van der Waals surface area contributed by atoms with Gasteiger partial charge in [0, 0.05) is 6.54 Å². The standard InChI is InChI=1S/C11H16N2O/c14-11(9-5-1-3-7-12-9)10-6-2-4-8-13-10/h1,3,5,10,12-13H,2,4,6-8H2. The fraction of sp³-hybridized carbons (Fsp3) is 0.545. The van der Waals surface area contributed by atoms with Crippen LogP contribution in [0, 0.1) is 0 Å². The monoisotopic (exact) mass is 192 g/mol. The maximum Gasteiger partial charge on any atom is 0.195 e. The lowest BCUT2D eigenvalue weighted by atomic mass is 9.98. The van der Waals surface area contributed by atoms with Gasteiger partial charge in [-0.3, -0.25) is 4.79 Å². The molecule has 1 unspecified atom stereocenters. The van der Waals surface area contributed by atoms with Crippen molar-refractivity contribution in [3.63, 3.8) is 0 Å². The average molecular weight is 192 g/mol. The van der Waals surface area contributed by atoms with E-state index in [0.29, 0.717) is 0 Å². The zero-order valence-corrected chi connectivity index (χ0v) is 8.25. The highest BCUT2D eigenvalue weighted by molar-refractivity contribution is 5.99. The third-order valence-corrected chi connectivity index (χ3v) is 2.70. The summed E-state index contributed by atoms with van der Waals surface area (Å²) in [6.45, 7) is 1.74. The molecular weight excluding hydrogens is 176 g/mol. The maximum absolute atomic E-state index is 11.9. The van der Waals surface area contributed by atoms with Crippen LogP contribution in [0.4, 0.5) is 0 Å². The molecule has 0 bridgehead atoms. The summed E-state index contributed by atoms with van der Waals surface area (Å²) in [5, 5.41) is 6.36. The number of carbonyl (C=O) groups is 1. The Kier molecular flexibility index (Phi) is 2.99. The molecule has 0 aromatic rings. The van der Waals surface area contributed by atoms with Crippen molar-refractivity contribution in [2.24, 2.45) is 0 Å². The molecule has 0 saturated carbocycles. The van der Waals surface area contributed by atoms with Crippen LogP contribution in [0.15, 0.2) is 23.9 Å². The van der Waals surface area contributed by atoms with E-state index in [9.17, 15) is 4.79 Å². The highest BCUT2D eigenvalue weighted by Gasteiger charge is 2.23. The first-order valence-corrected chi connectivity index (χ1v) is 5.26. The predicted octanol–water partition coefficient (Wildman–Crippen LogP) is 0.741. The minimum atomic E-state index is 0.0361. The summed E-state index contributed by atoms with van der Waals surface area (Å²) in [5.74, 6) is 0.217. The Labute approximate surface area is 84.3 Å². The van der Waals surface area contributed by atoms with E-state index in [4.69, 9.17) is 0 Å². The first-order valence-electron chi connectivity index (χ1n) is 5.26. The van der Waals surface area contributed by atoms with Gasteiger partial charge in [0.15, 0.2) is 5.78 Å². The van der Waals surface area contributed by atoms with Crippen molar-refractivity contribution in [1.82, 2.24) is 10.6 Å². The summed E-state index contributed by atoms with van der Waals surface area (Å²) in [6.07, 6.45) is 9.13. The van der Waals surface area contributed by atoms with Crippen LogP contribution < -0.4 is 10.6 Å². The van der Waals surface area contributed by atoms with Gasteiger partial charge in [-0.25, -0.2) is 0 Å². The van der Waals surface area contributed by atoms with Gasteiger partial charge in [0.2, 0.25) is 0 Å². The topological polar surface area (TPSA) is 41.1 Å². The van der Waals surface area contributed by atoms with Crippen LogP contribution in [-0.4, -0.2) is 24.9 Å². The van der Waals surface area contributed by atoms with Crippen LogP contribution in [0.2, 0.25) is 0 Å². The van der Waals surface area contributed by atoms with Crippen molar-refractivity contribution in [2.45, 2.75) is 25.3 Å². The second-order valence-corrected chi connectivity index (χ2v) is 3.76. The van der Waals surface area contributed by atoms with E-state index in [-0.39, 0.29) is 11.8 Å². The number of ketones is 1. The fourth-order valence-electron chi connectivity index (χ4n) is 1.89. The Bertz CT molecular complexity index is 275. The number of rotatable bonds is 2. The number of hydrogen-bond donors (Lipinski definition) is 2. The van der Waals surface area contributed by atoms with Crippen molar-refractivity contribution in [3.05, 3.63) is 23.9 Å². The van der Waals surface area contributed by atoms with E-state index >= 15 is 0 Å². The van der Waals surface area contributed by atoms with Crippen molar-refractivity contribution in [3.8, 4) is 0 Å². The number of nitrogens with one attached hydrogen (secondary N) is 2. The molecule has 3 nitrogen and oxygen atoms in total. The van der Waals surface area contributed by atoms with E-state index in [1.165, 1.54) is 6.42 Å². The van der Waals surface area contributed by atoms with E-state index in [1.54, 1.807) is 0 Å². The third-order valence-electron chi connectivity index (χ3n) is 2.70. The molecule has 1 saturated heterocycles. The quantitative estimate of drug-likeness (QED) is 0.678. The van der Waals surface area contributed by atoms with Crippen molar-refractivity contribution in [2.75, 3.05) is 13.1 Å². The molecule has 2 N–H and O–H groups in total. The minimum Gasteiger partial charge on any atom is -0.379 e. The molecule has 2 aliphatic heterocycles. The van der Waals surface area contributed by atoms with E-state index < -0.39 is 0 Å². The van der Waals surface area contributed by atoms with Gasteiger partial charge >= 0.3 is 0 Å². The molecule has 2 rings (SSSR count). The second kappa shape index (κ2) is 4.42. The van der Waals surface area contributed by atoms with E-state index in [2.05, 4.69) is 10.6 Å². The summed E-state index contributed by atoms with van der Waals surface area (Å²) in [6, 6.07) is 0.0361. The fourth-order valence-corrected chi connectivity index (χ4v) is 1.89. The van der Waals surface area contributed by atoms with Crippen LogP contribution in [0.25, 0.3) is 0 Å². The number of carbonyl (C=O) groups excluding carboxylic acids is 1. The molecule has 0 aromatic heterocycles. The van der Waals surface area contributed by atoms with Crippen LogP contribution in [-0.2, 0) is 4.79 Å². The lowest BCUT2D eigenvalue weighted by Crippen LogP contribution is -2.43. The smallest absolute Gasteiger partial charge is 0.195 e. The van der Waals surface area contributed by atoms with Gasteiger partial charge in [0.1, 0.15) is 0 Å². The van der Waals surface area contributed by atoms with Crippen LogP contribution in [0.5, 0.6) is 0 Å². The highest BCUT2D eigenvalue weighted by Crippen LogP contribution is 2.11. The zero-order valence-electron chi connectivity index (χ0n) is 8.25. The third kappa shape index (κ3) is 2.04. The molecule has 3 heteroatoms. The molecule has 1 fully saturated rings. The van der Waals surface area contributed by atoms with Crippen molar-refractivity contribution >= 4 is 5.78 Å². The second-order valence-electron chi connectivity index (χ2n) is 3.76. The number of piperidine rings is 1. The Morgan fingerprint density at radius 3 is 3.00 bits per heavy atom. The molecule has 0 radical (unpaired) electrons. The van der Waals surface area contributed by atoms with Gasteiger partial charge in [-0.05, 0) is 25.5 Å². The van der Waals surface area contributed by atoms with E-state index in [0.717, 1.165) is 31.6 Å². The van der Waals surface area contributed by atoms with Gasteiger partial charge in [0.25, 0.3) is 0 Å². The van der Waals surface area contributed by atoms with Gasteiger partial charge in [-0.15, -0.1) is 0 Å². The molecule has 0 spiro atoms. The molecule has 0 aliphatic carbocycles. The first-order chi connectivity index (χ1) is 6.88. The maximum atomic E-state index is 11.9. The summed E-state index contributed by atoms with van der Waals surface area (Å²) >= 11 is 0. The first kappa shape index (κ1) is 9.46. The Morgan fingerprint density at radius 2 is 2.36 bits per heavy atom. The highest BCUT2D eigenvalue weighted by atomic mass is 16.1. The Morgan fingerprint density at radius 1 is 1.43 bits per heavy atom. The normalized spacial score (nSPS) is 26.6. The lowest BCUT2D eigenvalue weighted by Gasteiger charge is -2.24. The summed E-state index contributed by atoms with van der Waals surface area (Å²) in [5.41, 5.74) is 0.756. The number of hydrogen-bond acceptors (Lipinski definition) is 3. The average Bonchev–Trinajstić information content (AvgIpc) is 2.30. The van der Waals surface area contributed by atoms with Crippen molar-refractivity contribution < 1.29 is 4.79 Å². The Balaban J connectivity index is 1.99. The van der Waals surface area contributed by atoms with Gasteiger partial charge in [0.05, 0.1) is 11.7 Å². The molecule has 1 atom stereocenters. The van der Waals surface area contributed by atoms with Crippen LogP contribution >= 0.6 is 0 Å².